The highest BCUT2D eigenvalue weighted by molar-refractivity contribution is 7.99. The number of carboxylic acid groups (broad SMARTS) is 1. The lowest BCUT2D eigenvalue weighted by Gasteiger charge is -2.06. The van der Waals surface area contributed by atoms with Crippen LogP contribution in [-0.2, 0) is 4.79 Å². The van der Waals surface area contributed by atoms with E-state index in [1.54, 1.807) is 0 Å². The molecule has 1 saturated carbocycles. The van der Waals surface area contributed by atoms with Crippen molar-refractivity contribution in [2.75, 3.05) is 17.6 Å². The zero-order chi connectivity index (χ0) is 12.3. The normalized spacial score (nSPS) is 22.2. The summed E-state index contributed by atoms with van der Waals surface area (Å²) >= 11 is 1.82. The van der Waals surface area contributed by atoms with Crippen LogP contribution in [0.4, 0.5) is 5.69 Å². The lowest BCUT2D eigenvalue weighted by atomic mass is 10.3. The smallest absolute Gasteiger partial charge is 0.306 e. The molecule has 3 nitrogen and oxygen atoms in total. The van der Waals surface area contributed by atoms with Crippen LogP contribution in [-0.4, -0.2) is 23.4 Å². The lowest BCUT2D eigenvalue weighted by Crippen LogP contribution is -2.08. The summed E-state index contributed by atoms with van der Waals surface area (Å²) in [5, 5.41) is 12.1. The third-order valence-corrected chi connectivity index (χ3v) is 3.87. The molecule has 0 aromatic heterocycles. The van der Waals surface area contributed by atoms with Crippen molar-refractivity contribution in [3.05, 3.63) is 24.3 Å². The molecule has 0 radical (unpaired) electrons. The van der Waals surface area contributed by atoms with Gasteiger partial charge in [-0.15, -0.1) is 11.8 Å². The summed E-state index contributed by atoms with van der Waals surface area (Å²) in [5.74, 6) is 0.593. The Morgan fingerprint density at radius 1 is 1.47 bits per heavy atom. The number of carbonyl (C=O) groups is 1. The number of hydrogen-bond acceptors (Lipinski definition) is 3. The predicted molar refractivity (Wildman–Crippen MR) is 70.6 cm³/mol. The first-order valence-corrected chi connectivity index (χ1v) is 6.88. The van der Waals surface area contributed by atoms with Gasteiger partial charge in [0, 0.05) is 17.1 Å². The second kappa shape index (κ2) is 5.45. The summed E-state index contributed by atoms with van der Waals surface area (Å²) < 4.78 is 0. The van der Waals surface area contributed by atoms with E-state index in [2.05, 4.69) is 36.5 Å². The summed E-state index contributed by atoms with van der Waals surface area (Å²) in [6.45, 7) is 2.90. The maximum absolute atomic E-state index is 10.7. The SMILES string of the molecule is CCSc1ccc(NCC2CC2C(=O)O)cc1. The van der Waals surface area contributed by atoms with Gasteiger partial charge >= 0.3 is 5.97 Å². The highest BCUT2D eigenvalue weighted by Gasteiger charge is 2.42. The van der Waals surface area contributed by atoms with Gasteiger partial charge < -0.3 is 10.4 Å². The largest absolute Gasteiger partial charge is 0.481 e. The van der Waals surface area contributed by atoms with Gasteiger partial charge in [-0.2, -0.15) is 0 Å². The fourth-order valence-electron chi connectivity index (χ4n) is 1.86. The van der Waals surface area contributed by atoms with Gasteiger partial charge in [0.05, 0.1) is 5.92 Å². The van der Waals surface area contributed by atoms with E-state index in [0.29, 0.717) is 5.92 Å². The molecule has 0 bridgehead atoms. The van der Waals surface area contributed by atoms with Gasteiger partial charge in [0.15, 0.2) is 0 Å². The van der Waals surface area contributed by atoms with Crippen molar-refractivity contribution in [1.82, 2.24) is 0 Å². The first kappa shape index (κ1) is 12.3. The number of hydrogen-bond donors (Lipinski definition) is 2. The Morgan fingerprint density at radius 3 is 2.71 bits per heavy atom. The Labute approximate surface area is 106 Å². The van der Waals surface area contributed by atoms with Gasteiger partial charge in [-0.1, -0.05) is 6.92 Å². The van der Waals surface area contributed by atoms with Crippen LogP contribution in [0, 0.1) is 11.8 Å². The number of carboxylic acids is 1. The van der Waals surface area contributed by atoms with Crippen LogP contribution in [0.1, 0.15) is 13.3 Å². The van der Waals surface area contributed by atoms with Crippen molar-refractivity contribution in [3.63, 3.8) is 0 Å². The maximum Gasteiger partial charge on any atom is 0.306 e. The molecule has 2 rings (SSSR count). The van der Waals surface area contributed by atoms with E-state index in [1.807, 2.05) is 11.8 Å². The van der Waals surface area contributed by atoms with Gasteiger partial charge in [-0.05, 0) is 42.4 Å². The van der Waals surface area contributed by atoms with Gasteiger partial charge in [0.25, 0.3) is 0 Å². The summed E-state index contributed by atoms with van der Waals surface area (Å²) in [6.07, 6.45) is 0.812. The van der Waals surface area contributed by atoms with Crippen LogP contribution in [0.2, 0.25) is 0 Å². The molecule has 0 saturated heterocycles. The average Bonchev–Trinajstić information content (AvgIpc) is 3.08. The van der Waals surface area contributed by atoms with Crippen LogP contribution < -0.4 is 5.32 Å². The third-order valence-electron chi connectivity index (χ3n) is 2.97. The standard InChI is InChI=1S/C13H17NO2S/c1-2-17-11-5-3-10(4-6-11)14-8-9-7-12(9)13(15)16/h3-6,9,12,14H,2,7-8H2,1H3,(H,15,16). The number of anilines is 1. The highest BCUT2D eigenvalue weighted by Crippen LogP contribution is 2.38. The van der Waals surface area contributed by atoms with Crippen LogP contribution in [0.3, 0.4) is 0 Å². The number of benzene rings is 1. The summed E-state index contributed by atoms with van der Waals surface area (Å²) in [4.78, 5) is 11.9. The molecule has 4 heteroatoms. The molecule has 17 heavy (non-hydrogen) atoms. The fourth-order valence-corrected chi connectivity index (χ4v) is 2.52. The molecule has 1 aliphatic carbocycles. The van der Waals surface area contributed by atoms with Crippen molar-refractivity contribution in [2.45, 2.75) is 18.2 Å². The molecule has 1 aromatic carbocycles. The van der Waals surface area contributed by atoms with Gasteiger partial charge in [-0.25, -0.2) is 0 Å². The lowest BCUT2D eigenvalue weighted by molar-refractivity contribution is -0.138. The molecular formula is C13H17NO2S. The zero-order valence-corrected chi connectivity index (χ0v) is 10.7. The van der Waals surface area contributed by atoms with Crippen LogP contribution in [0.15, 0.2) is 29.2 Å². The molecule has 2 unspecified atom stereocenters. The molecule has 0 heterocycles. The number of thioether (sulfide) groups is 1. The molecule has 0 aliphatic heterocycles. The average molecular weight is 251 g/mol. The molecule has 1 aromatic rings. The molecule has 1 fully saturated rings. The van der Waals surface area contributed by atoms with E-state index in [1.165, 1.54) is 4.90 Å². The van der Waals surface area contributed by atoms with Crippen molar-refractivity contribution in [2.24, 2.45) is 11.8 Å². The monoisotopic (exact) mass is 251 g/mol. The van der Waals surface area contributed by atoms with E-state index in [4.69, 9.17) is 5.11 Å². The number of nitrogens with one attached hydrogen (secondary N) is 1. The van der Waals surface area contributed by atoms with Crippen LogP contribution in [0.25, 0.3) is 0 Å². The Hall–Kier alpha value is -1.16. The van der Waals surface area contributed by atoms with E-state index < -0.39 is 5.97 Å². The van der Waals surface area contributed by atoms with Gasteiger partial charge in [0.1, 0.15) is 0 Å². The molecule has 2 N–H and O–H groups in total. The van der Waals surface area contributed by atoms with Crippen molar-refractivity contribution >= 4 is 23.4 Å². The summed E-state index contributed by atoms with van der Waals surface area (Å²) in [6, 6.07) is 8.29. The van der Waals surface area contributed by atoms with E-state index in [-0.39, 0.29) is 5.92 Å². The molecular weight excluding hydrogens is 234 g/mol. The summed E-state index contributed by atoms with van der Waals surface area (Å²) in [5.41, 5.74) is 1.07. The second-order valence-electron chi connectivity index (χ2n) is 4.28. The second-order valence-corrected chi connectivity index (χ2v) is 5.62. The van der Waals surface area contributed by atoms with E-state index in [0.717, 1.165) is 24.4 Å². The Bertz CT molecular complexity index is 391. The summed E-state index contributed by atoms with van der Waals surface area (Å²) in [7, 11) is 0. The minimum absolute atomic E-state index is 0.127. The van der Waals surface area contributed by atoms with Crippen molar-refractivity contribution in [3.8, 4) is 0 Å². The minimum atomic E-state index is -0.661. The fraction of sp³-hybridized carbons (Fsp3) is 0.462. The first-order valence-electron chi connectivity index (χ1n) is 5.90. The predicted octanol–water partition coefficient (Wildman–Crippen LogP) is 2.93. The van der Waals surface area contributed by atoms with Gasteiger partial charge in [-0.3, -0.25) is 4.79 Å². The van der Waals surface area contributed by atoms with E-state index in [9.17, 15) is 4.79 Å². The molecule has 0 spiro atoms. The first-order chi connectivity index (χ1) is 8.20. The van der Waals surface area contributed by atoms with Gasteiger partial charge in [0.2, 0.25) is 0 Å². The Morgan fingerprint density at radius 2 is 2.18 bits per heavy atom. The molecule has 0 amide bonds. The van der Waals surface area contributed by atoms with Crippen LogP contribution in [0.5, 0.6) is 0 Å². The zero-order valence-electron chi connectivity index (χ0n) is 9.85. The molecule has 2 atom stereocenters. The maximum atomic E-state index is 10.7. The van der Waals surface area contributed by atoms with E-state index >= 15 is 0 Å². The topological polar surface area (TPSA) is 49.3 Å². The minimum Gasteiger partial charge on any atom is -0.481 e. The molecule has 92 valence electrons. The number of rotatable bonds is 6. The van der Waals surface area contributed by atoms with Crippen molar-refractivity contribution < 1.29 is 9.90 Å². The number of aliphatic carboxylic acids is 1. The van der Waals surface area contributed by atoms with Crippen LogP contribution >= 0.6 is 11.8 Å². The third kappa shape index (κ3) is 3.40. The van der Waals surface area contributed by atoms with Crippen molar-refractivity contribution in [1.29, 1.82) is 0 Å². The highest BCUT2D eigenvalue weighted by atomic mass is 32.2. The quantitative estimate of drug-likeness (QED) is 0.763. The Kier molecular flexibility index (Phi) is 3.94. The Balaban J connectivity index is 1.78. The molecule has 1 aliphatic rings.